The number of nitro benzene ring substituents is 1. The van der Waals surface area contributed by atoms with Gasteiger partial charge in [0.2, 0.25) is 5.75 Å². The number of benzene rings is 2. The van der Waals surface area contributed by atoms with Crippen molar-refractivity contribution in [1.82, 2.24) is 5.43 Å². The summed E-state index contributed by atoms with van der Waals surface area (Å²) in [6.45, 7) is 0. The molecule has 28 heavy (non-hydrogen) atoms. The lowest BCUT2D eigenvalue weighted by atomic mass is 10.2. The molecule has 3 N–H and O–H groups in total. The zero-order valence-electron chi connectivity index (χ0n) is 14.6. The van der Waals surface area contributed by atoms with Crippen LogP contribution in [0.15, 0.2) is 59.3 Å². The quantitative estimate of drug-likeness (QED) is 0.314. The van der Waals surface area contributed by atoms with E-state index in [0.717, 1.165) is 6.08 Å². The number of hydrazone groups is 1. The average molecular weight is 381 g/mol. The molecule has 0 fully saturated rings. The fourth-order valence-corrected chi connectivity index (χ4v) is 2.53. The zero-order chi connectivity index (χ0) is 20.1. The third-order valence-corrected chi connectivity index (χ3v) is 3.77. The van der Waals surface area contributed by atoms with E-state index in [-0.39, 0.29) is 17.1 Å². The van der Waals surface area contributed by atoms with Crippen LogP contribution in [-0.2, 0) is 9.59 Å². The summed E-state index contributed by atoms with van der Waals surface area (Å²) in [5.74, 6) is -1.09. The second-order valence-corrected chi connectivity index (χ2v) is 5.57. The van der Waals surface area contributed by atoms with Crippen molar-refractivity contribution in [2.45, 2.75) is 0 Å². The van der Waals surface area contributed by atoms with Gasteiger partial charge in [0.15, 0.2) is 0 Å². The zero-order valence-corrected chi connectivity index (χ0v) is 14.6. The minimum atomic E-state index is -0.655. The van der Waals surface area contributed by atoms with Crippen molar-refractivity contribution < 1.29 is 19.2 Å². The Kier molecular flexibility index (Phi) is 5.30. The van der Waals surface area contributed by atoms with Gasteiger partial charge in [-0.25, -0.2) is 5.43 Å². The molecule has 10 nitrogen and oxygen atoms in total. The standard InChI is InChI=1S/C18H15N5O5/c1-28-17-11(5-4-8-15(17)23(26)27)10-19-22-16(24)9-14-18(25)21-13-7-3-2-6-12(13)20-14/h2-10,20H,1H3,(H,21,25)(H,22,24)/b14-9-,19-10+. The van der Waals surface area contributed by atoms with Crippen LogP contribution in [0.2, 0.25) is 0 Å². The van der Waals surface area contributed by atoms with Crippen molar-refractivity contribution in [2.24, 2.45) is 5.10 Å². The molecule has 0 aromatic heterocycles. The molecule has 10 heteroatoms. The van der Waals surface area contributed by atoms with Crippen LogP contribution < -0.4 is 20.8 Å². The third-order valence-electron chi connectivity index (χ3n) is 3.77. The largest absolute Gasteiger partial charge is 0.490 e. The van der Waals surface area contributed by atoms with E-state index in [1.165, 1.54) is 25.5 Å². The molecule has 142 valence electrons. The van der Waals surface area contributed by atoms with Gasteiger partial charge in [0.25, 0.3) is 11.8 Å². The second kappa shape index (κ2) is 7.99. The van der Waals surface area contributed by atoms with Crippen molar-refractivity contribution in [1.29, 1.82) is 0 Å². The lowest BCUT2D eigenvalue weighted by Gasteiger charge is -2.20. The molecule has 1 heterocycles. The molecule has 1 aliphatic rings. The topological polar surface area (TPSA) is 135 Å². The van der Waals surface area contributed by atoms with Gasteiger partial charge in [0, 0.05) is 17.7 Å². The Labute approximate surface area is 159 Å². The summed E-state index contributed by atoms with van der Waals surface area (Å²) in [6, 6.07) is 11.4. The molecule has 0 saturated carbocycles. The maximum atomic E-state index is 12.0. The number of nitrogens with zero attached hydrogens (tertiary/aromatic N) is 2. The number of carbonyl (C=O) groups excluding carboxylic acids is 2. The summed E-state index contributed by atoms with van der Waals surface area (Å²) in [4.78, 5) is 34.5. The molecule has 0 radical (unpaired) electrons. The van der Waals surface area contributed by atoms with E-state index in [1.807, 2.05) is 0 Å². The summed E-state index contributed by atoms with van der Waals surface area (Å²) in [6.07, 6.45) is 2.28. The fraction of sp³-hybridized carbons (Fsp3) is 0.0556. The van der Waals surface area contributed by atoms with E-state index >= 15 is 0 Å². The lowest BCUT2D eigenvalue weighted by molar-refractivity contribution is -0.385. The predicted octanol–water partition coefficient (Wildman–Crippen LogP) is 2.00. The Morgan fingerprint density at radius 3 is 2.57 bits per heavy atom. The number of nitro groups is 1. The molecular weight excluding hydrogens is 366 g/mol. The highest BCUT2D eigenvalue weighted by atomic mass is 16.6. The molecular formula is C18H15N5O5. The van der Waals surface area contributed by atoms with E-state index in [1.54, 1.807) is 30.3 Å². The molecule has 0 spiro atoms. The normalized spacial score (nSPS) is 14.2. The molecule has 0 bridgehead atoms. The molecule has 0 aliphatic carbocycles. The highest BCUT2D eigenvalue weighted by molar-refractivity contribution is 6.13. The molecule has 0 atom stereocenters. The van der Waals surface area contributed by atoms with Crippen molar-refractivity contribution in [3.05, 3.63) is 69.9 Å². The van der Waals surface area contributed by atoms with Crippen molar-refractivity contribution in [3.63, 3.8) is 0 Å². The molecule has 2 amide bonds. The summed E-state index contributed by atoms with van der Waals surface area (Å²) < 4.78 is 5.04. The van der Waals surface area contributed by atoms with Gasteiger partial charge in [0.1, 0.15) is 5.70 Å². The minimum absolute atomic E-state index is 0.0220. The number of para-hydroxylation sites is 3. The van der Waals surface area contributed by atoms with Gasteiger partial charge < -0.3 is 15.4 Å². The molecule has 0 saturated heterocycles. The third kappa shape index (κ3) is 3.96. The number of methoxy groups -OCH3 is 1. The minimum Gasteiger partial charge on any atom is -0.490 e. The van der Waals surface area contributed by atoms with Crippen LogP contribution in [0, 0.1) is 10.1 Å². The number of ether oxygens (including phenoxy) is 1. The van der Waals surface area contributed by atoms with Crippen molar-refractivity contribution in [3.8, 4) is 5.75 Å². The van der Waals surface area contributed by atoms with Crippen LogP contribution >= 0.6 is 0 Å². The van der Waals surface area contributed by atoms with Gasteiger partial charge in [-0.15, -0.1) is 0 Å². The van der Waals surface area contributed by atoms with Crippen LogP contribution in [0.3, 0.4) is 0 Å². The number of fused-ring (bicyclic) bond motifs is 1. The first kappa shape index (κ1) is 18.6. The molecule has 2 aromatic rings. The van der Waals surface area contributed by atoms with Gasteiger partial charge in [-0.05, 0) is 18.2 Å². The van der Waals surface area contributed by atoms with E-state index in [0.29, 0.717) is 16.9 Å². The van der Waals surface area contributed by atoms with Crippen LogP contribution in [-0.4, -0.2) is 30.1 Å². The van der Waals surface area contributed by atoms with Gasteiger partial charge in [-0.2, -0.15) is 5.10 Å². The molecule has 3 rings (SSSR count). The maximum absolute atomic E-state index is 12.0. The van der Waals surface area contributed by atoms with Gasteiger partial charge in [0.05, 0.1) is 29.6 Å². The SMILES string of the molecule is COc1c(/C=N/NC(=O)/C=C2\Nc3ccccc3NC2=O)cccc1[N+](=O)[O-]. The highest BCUT2D eigenvalue weighted by Crippen LogP contribution is 2.29. The number of rotatable bonds is 5. The van der Waals surface area contributed by atoms with Gasteiger partial charge >= 0.3 is 5.69 Å². The van der Waals surface area contributed by atoms with Crippen molar-refractivity contribution >= 4 is 35.1 Å². The Balaban J connectivity index is 1.71. The Hall–Kier alpha value is -4.21. The number of anilines is 2. The van der Waals surface area contributed by atoms with Crippen LogP contribution in [0.25, 0.3) is 0 Å². The number of amides is 2. The highest BCUT2D eigenvalue weighted by Gasteiger charge is 2.20. The summed E-state index contributed by atoms with van der Waals surface area (Å²) in [5.41, 5.74) is 3.65. The van der Waals surface area contributed by atoms with Gasteiger partial charge in [-0.1, -0.05) is 18.2 Å². The van der Waals surface area contributed by atoms with Crippen LogP contribution in [0.1, 0.15) is 5.56 Å². The Morgan fingerprint density at radius 1 is 1.18 bits per heavy atom. The smallest absolute Gasteiger partial charge is 0.311 e. The first-order valence-electron chi connectivity index (χ1n) is 8.03. The van der Waals surface area contributed by atoms with E-state index in [4.69, 9.17) is 4.74 Å². The first-order chi connectivity index (χ1) is 13.5. The fourth-order valence-electron chi connectivity index (χ4n) is 2.53. The molecule has 1 aliphatic heterocycles. The predicted molar refractivity (Wildman–Crippen MR) is 102 cm³/mol. The van der Waals surface area contributed by atoms with Crippen LogP contribution in [0.4, 0.5) is 17.1 Å². The second-order valence-electron chi connectivity index (χ2n) is 5.57. The molecule has 2 aromatic carbocycles. The number of hydrogen-bond donors (Lipinski definition) is 3. The van der Waals surface area contributed by atoms with E-state index < -0.39 is 16.7 Å². The maximum Gasteiger partial charge on any atom is 0.311 e. The van der Waals surface area contributed by atoms with E-state index in [2.05, 4.69) is 21.2 Å². The lowest BCUT2D eigenvalue weighted by Crippen LogP contribution is -2.27. The van der Waals surface area contributed by atoms with Crippen LogP contribution in [0.5, 0.6) is 5.75 Å². The summed E-state index contributed by atoms with van der Waals surface area (Å²) >= 11 is 0. The van der Waals surface area contributed by atoms with Crippen molar-refractivity contribution in [2.75, 3.05) is 17.7 Å². The van der Waals surface area contributed by atoms with E-state index in [9.17, 15) is 19.7 Å². The molecule has 0 unspecified atom stereocenters. The number of hydrogen-bond acceptors (Lipinski definition) is 7. The Bertz CT molecular complexity index is 1020. The Morgan fingerprint density at radius 2 is 1.89 bits per heavy atom. The summed E-state index contributed by atoms with van der Waals surface area (Å²) in [5, 5.41) is 20.3. The first-order valence-corrected chi connectivity index (χ1v) is 8.03. The van der Waals surface area contributed by atoms with Gasteiger partial charge in [-0.3, -0.25) is 19.7 Å². The number of nitrogens with one attached hydrogen (secondary N) is 3. The average Bonchev–Trinajstić information content (AvgIpc) is 2.68. The number of carbonyl (C=O) groups is 2. The summed E-state index contributed by atoms with van der Waals surface area (Å²) in [7, 11) is 1.30. The monoisotopic (exact) mass is 381 g/mol.